The topological polar surface area (TPSA) is 64.5 Å². The number of hydrogen-bond donors (Lipinski definition) is 0. The van der Waals surface area contributed by atoms with Crippen LogP contribution in [0.15, 0.2) is 36.7 Å². The van der Waals surface area contributed by atoms with Crippen LogP contribution in [-0.2, 0) is 11.3 Å². The van der Waals surface area contributed by atoms with E-state index in [1.807, 2.05) is 30.3 Å². The lowest BCUT2D eigenvalue weighted by Crippen LogP contribution is -2.44. The lowest BCUT2D eigenvalue weighted by Gasteiger charge is -2.34. The first-order chi connectivity index (χ1) is 11.7. The van der Waals surface area contributed by atoms with Crippen LogP contribution < -0.4 is 9.64 Å². The van der Waals surface area contributed by atoms with E-state index in [9.17, 15) is 4.79 Å². The molecular weight excluding hydrogens is 306 g/mol. The number of anilines is 1. The van der Waals surface area contributed by atoms with Crippen LogP contribution in [0.25, 0.3) is 0 Å². The summed E-state index contributed by atoms with van der Waals surface area (Å²) in [6.07, 6.45) is 2.77. The molecule has 0 aliphatic carbocycles. The van der Waals surface area contributed by atoms with Crippen LogP contribution in [-0.4, -0.2) is 41.6 Å². The van der Waals surface area contributed by atoms with Crippen molar-refractivity contribution in [2.45, 2.75) is 25.0 Å². The third kappa shape index (κ3) is 2.63. The predicted molar refractivity (Wildman–Crippen MR) is 88.3 cm³/mol. The van der Waals surface area contributed by atoms with Gasteiger partial charge in [-0.3, -0.25) is 4.79 Å². The van der Waals surface area contributed by atoms with Crippen LogP contribution in [0.2, 0.25) is 0 Å². The summed E-state index contributed by atoms with van der Waals surface area (Å²) < 4.78 is 11.4. The van der Waals surface area contributed by atoms with Gasteiger partial charge < -0.3 is 14.4 Å². The lowest BCUT2D eigenvalue weighted by atomic mass is 9.89. The van der Waals surface area contributed by atoms with Crippen molar-refractivity contribution in [2.24, 2.45) is 0 Å². The molecule has 24 heavy (non-hydrogen) atoms. The number of Topliss-reactive ketones (excluding diaryl/α,β-unsaturated/α-hetero) is 1. The molecule has 124 valence electrons. The summed E-state index contributed by atoms with van der Waals surface area (Å²) in [6, 6.07) is 9.41. The molecule has 4 rings (SSSR count). The number of fused-ring (bicyclic) bond motifs is 1. The van der Waals surface area contributed by atoms with Gasteiger partial charge in [0.2, 0.25) is 0 Å². The quantitative estimate of drug-likeness (QED) is 0.862. The number of ketones is 1. The van der Waals surface area contributed by atoms with Crippen molar-refractivity contribution in [1.29, 1.82) is 0 Å². The van der Waals surface area contributed by atoms with Crippen LogP contribution >= 0.6 is 0 Å². The molecule has 0 unspecified atom stereocenters. The largest absolute Gasteiger partial charge is 0.484 e. The Morgan fingerprint density at radius 2 is 2.21 bits per heavy atom. The van der Waals surface area contributed by atoms with Gasteiger partial charge in [-0.25, -0.2) is 9.97 Å². The third-order valence-corrected chi connectivity index (χ3v) is 4.64. The number of carbonyl (C=O) groups excluding carboxylic acids is 1. The van der Waals surface area contributed by atoms with E-state index in [2.05, 4.69) is 14.9 Å². The molecule has 0 bridgehead atoms. The van der Waals surface area contributed by atoms with Gasteiger partial charge in [0, 0.05) is 26.1 Å². The number of aromatic nitrogens is 2. The highest BCUT2D eigenvalue weighted by atomic mass is 16.5. The van der Waals surface area contributed by atoms with Gasteiger partial charge in [0.05, 0.1) is 30.8 Å². The summed E-state index contributed by atoms with van der Waals surface area (Å²) in [5, 5.41) is 0. The summed E-state index contributed by atoms with van der Waals surface area (Å²) in [6.45, 7) is 1.91. The van der Waals surface area contributed by atoms with E-state index in [1.54, 1.807) is 13.4 Å². The van der Waals surface area contributed by atoms with Gasteiger partial charge in [-0.2, -0.15) is 0 Å². The second kappa shape index (κ2) is 5.87. The summed E-state index contributed by atoms with van der Waals surface area (Å²) in [5.74, 6) is 1.70. The molecule has 1 saturated heterocycles. The van der Waals surface area contributed by atoms with Crippen molar-refractivity contribution in [3.63, 3.8) is 0 Å². The minimum Gasteiger partial charge on any atom is -0.484 e. The molecule has 1 aromatic heterocycles. The van der Waals surface area contributed by atoms with Gasteiger partial charge in [0.15, 0.2) is 5.78 Å². The van der Waals surface area contributed by atoms with Crippen LogP contribution in [0.5, 0.6) is 5.75 Å². The molecule has 2 aliphatic heterocycles. The Bertz CT molecular complexity index is 780. The molecule has 1 fully saturated rings. The number of para-hydroxylation sites is 1. The summed E-state index contributed by atoms with van der Waals surface area (Å²) in [7, 11) is 1.64. The second-order valence-electron chi connectivity index (χ2n) is 6.35. The highest BCUT2D eigenvalue weighted by Gasteiger charge is 2.46. The molecule has 6 heteroatoms. The first-order valence-corrected chi connectivity index (χ1v) is 8.05. The Hall–Kier alpha value is -2.47. The smallest absolute Gasteiger partial charge is 0.170 e. The van der Waals surface area contributed by atoms with Gasteiger partial charge in [0.1, 0.15) is 23.5 Å². The first-order valence-electron chi connectivity index (χ1n) is 8.05. The molecule has 1 spiro atoms. The Kier molecular flexibility index (Phi) is 3.69. The molecule has 2 aromatic rings. The number of ether oxygens (including phenoxy) is 2. The minimum absolute atomic E-state index is 0.154. The number of nitrogens with zero attached hydrogens (tertiary/aromatic N) is 3. The highest BCUT2D eigenvalue weighted by molar-refractivity contribution is 6.00. The first kappa shape index (κ1) is 15.1. The number of benzene rings is 1. The zero-order valence-electron chi connectivity index (χ0n) is 13.6. The molecule has 2 aliphatic rings. The number of rotatable bonds is 3. The van der Waals surface area contributed by atoms with E-state index in [4.69, 9.17) is 9.47 Å². The molecule has 1 atom stereocenters. The van der Waals surface area contributed by atoms with Crippen LogP contribution in [0.4, 0.5) is 5.82 Å². The average Bonchev–Trinajstić information content (AvgIpc) is 2.99. The van der Waals surface area contributed by atoms with Crippen molar-refractivity contribution in [1.82, 2.24) is 9.97 Å². The molecule has 6 nitrogen and oxygen atoms in total. The zero-order chi connectivity index (χ0) is 16.6. The SMILES string of the molecule is COCc1cc(N2CC[C@@]3(CC(=O)c4ccccc4O3)C2)ncn1. The van der Waals surface area contributed by atoms with E-state index in [0.717, 1.165) is 24.5 Å². The standard InChI is InChI=1S/C18H19N3O3/c1-23-10-13-8-17(20-12-19-13)21-7-6-18(11-21)9-15(22)14-4-2-3-5-16(14)24-18/h2-5,8,12H,6-7,9-11H2,1H3/t18-/m1/s1. The van der Waals surface area contributed by atoms with E-state index < -0.39 is 5.60 Å². The van der Waals surface area contributed by atoms with Gasteiger partial charge in [0.25, 0.3) is 0 Å². The Morgan fingerprint density at radius 1 is 1.33 bits per heavy atom. The number of methoxy groups -OCH3 is 1. The third-order valence-electron chi connectivity index (χ3n) is 4.64. The summed E-state index contributed by atoms with van der Waals surface area (Å²) in [5.41, 5.74) is 1.07. The maximum Gasteiger partial charge on any atom is 0.170 e. The van der Waals surface area contributed by atoms with E-state index >= 15 is 0 Å². The zero-order valence-corrected chi connectivity index (χ0v) is 13.6. The molecule has 0 saturated carbocycles. The van der Waals surface area contributed by atoms with E-state index in [1.165, 1.54) is 0 Å². The van der Waals surface area contributed by atoms with Crippen molar-refractivity contribution in [3.8, 4) is 5.75 Å². The fourth-order valence-electron chi connectivity index (χ4n) is 3.50. The van der Waals surface area contributed by atoms with Crippen molar-refractivity contribution in [2.75, 3.05) is 25.1 Å². The van der Waals surface area contributed by atoms with Crippen molar-refractivity contribution in [3.05, 3.63) is 47.9 Å². The van der Waals surface area contributed by atoms with Gasteiger partial charge in [-0.15, -0.1) is 0 Å². The van der Waals surface area contributed by atoms with Crippen LogP contribution in [0.3, 0.4) is 0 Å². The van der Waals surface area contributed by atoms with Gasteiger partial charge >= 0.3 is 0 Å². The number of hydrogen-bond acceptors (Lipinski definition) is 6. The maximum absolute atomic E-state index is 12.5. The lowest BCUT2D eigenvalue weighted by molar-refractivity contribution is 0.0538. The fraction of sp³-hybridized carbons (Fsp3) is 0.389. The molecule has 0 N–H and O–H groups in total. The maximum atomic E-state index is 12.5. The monoisotopic (exact) mass is 325 g/mol. The molecular formula is C18H19N3O3. The summed E-state index contributed by atoms with van der Waals surface area (Å²) >= 11 is 0. The normalized spacial score (nSPS) is 22.5. The van der Waals surface area contributed by atoms with E-state index in [0.29, 0.717) is 30.9 Å². The Morgan fingerprint density at radius 3 is 3.08 bits per heavy atom. The van der Waals surface area contributed by atoms with E-state index in [-0.39, 0.29) is 5.78 Å². The molecule has 0 radical (unpaired) electrons. The predicted octanol–water partition coefficient (Wildman–Crippen LogP) is 2.24. The number of carbonyl (C=O) groups is 1. The van der Waals surface area contributed by atoms with Gasteiger partial charge in [-0.1, -0.05) is 12.1 Å². The molecule has 0 amide bonds. The van der Waals surface area contributed by atoms with Crippen molar-refractivity contribution < 1.29 is 14.3 Å². The minimum atomic E-state index is -0.461. The Labute approximate surface area is 140 Å². The fourth-order valence-corrected chi connectivity index (χ4v) is 3.50. The second-order valence-corrected chi connectivity index (χ2v) is 6.35. The van der Waals surface area contributed by atoms with Crippen LogP contribution in [0, 0.1) is 0 Å². The molecule has 1 aromatic carbocycles. The summed E-state index contributed by atoms with van der Waals surface area (Å²) in [4.78, 5) is 23.2. The van der Waals surface area contributed by atoms with Gasteiger partial charge in [-0.05, 0) is 12.1 Å². The molecule has 3 heterocycles. The van der Waals surface area contributed by atoms with Crippen molar-refractivity contribution >= 4 is 11.6 Å². The highest BCUT2D eigenvalue weighted by Crippen LogP contribution is 2.39. The van der Waals surface area contributed by atoms with Crippen LogP contribution in [0.1, 0.15) is 28.9 Å². The average molecular weight is 325 g/mol. The Balaban J connectivity index is 1.57.